The minimum Gasteiger partial charge on any atom is -0.507 e. The topological polar surface area (TPSA) is 156 Å². The maximum atomic E-state index is 12.7. The number of carboxylic acid groups (broad SMARTS) is 1. The molecule has 11 heteroatoms. The predicted octanol–water partition coefficient (Wildman–Crippen LogP) is 4.04. The van der Waals surface area contributed by atoms with Gasteiger partial charge in [-0.2, -0.15) is 0 Å². The second-order valence-corrected chi connectivity index (χ2v) is 11.1. The predicted molar refractivity (Wildman–Crippen MR) is 148 cm³/mol. The minimum absolute atomic E-state index is 0.0689. The lowest BCUT2D eigenvalue weighted by Crippen LogP contribution is -2.21. The normalized spacial score (nSPS) is 11.1. The number of aromatic hydroxyl groups is 1. The number of Topliss-reactive ketones (excluding diaryl/α,β-unsaturated/α-hetero) is 1. The van der Waals surface area contributed by atoms with Gasteiger partial charge in [-0.3, -0.25) is 9.59 Å². The van der Waals surface area contributed by atoms with Gasteiger partial charge in [-0.05, 0) is 73.7 Å². The van der Waals surface area contributed by atoms with Crippen LogP contribution in [0.1, 0.15) is 41.8 Å². The van der Waals surface area contributed by atoms with Gasteiger partial charge in [0.1, 0.15) is 17.2 Å². The Balaban J connectivity index is 1.66. The number of benzene rings is 3. The maximum Gasteiger partial charge on any atom is 0.341 e. The molecule has 0 aliphatic carbocycles. The van der Waals surface area contributed by atoms with E-state index in [1.165, 1.54) is 31.2 Å². The van der Waals surface area contributed by atoms with Crippen molar-refractivity contribution in [2.45, 2.75) is 38.0 Å². The van der Waals surface area contributed by atoms with E-state index in [0.29, 0.717) is 18.4 Å². The van der Waals surface area contributed by atoms with Gasteiger partial charge in [-0.15, -0.1) is 0 Å². The van der Waals surface area contributed by atoms with Crippen LogP contribution in [0.4, 0.5) is 5.69 Å². The number of carbonyl (C=O) groups is 3. The summed E-state index contributed by atoms with van der Waals surface area (Å²) < 4.78 is 36.1. The van der Waals surface area contributed by atoms with Gasteiger partial charge in [0.15, 0.2) is 28.8 Å². The number of rotatable bonds is 14. The molecule has 212 valence electrons. The zero-order valence-corrected chi connectivity index (χ0v) is 23.0. The highest BCUT2D eigenvalue weighted by molar-refractivity contribution is 7.91. The van der Waals surface area contributed by atoms with Gasteiger partial charge >= 0.3 is 5.97 Å². The van der Waals surface area contributed by atoms with Crippen LogP contribution in [0.5, 0.6) is 17.2 Å². The quantitative estimate of drug-likeness (QED) is 0.244. The fourth-order valence-electron chi connectivity index (χ4n) is 3.85. The Morgan fingerprint density at radius 1 is 0.900 bits per heavy atom. The largest absolute Gasteiger partial charge is 0.507 e. The number of carboxylic acids is 1. The second kappa shape index (κ2) is 13.6. The monoisotopic (exact) mass is 569 g/mol. The van der Waals surface area contributed by atoms with Crippen LogP contribution >= 0.6 is 0 Å². The lowest BCUT2D eigenvalue weighted by molar-refractivity contribution is -0.139. The summed E-state index contributed by atoms with van der Waals surface area (Å²) in [6.07, 6.45) is 1.52. The molecule has 0 heterocycles. The minimum atomic E-state index is -3.47. The van der Waals surface area contributed by atoms with Gasteiger partial charge in [0.05, 0.1) is 21.9 Å². The molecule has 0 unspecified atom stereocenters. The Hall–Kier alpha value is -4.38. The SMILES string of the molecule is CCc1ccc(S(=O)(=O)CCCc2ccc(OCC(=O)O)c(NC(=O)COc3ccc(C(C)=O)c(O)c3)c2)cc1. The van der Waals surface area contributed by atoms with Gasteiger partial charge in [0, 0.05) is 6.07 Å². The summed E-state index contributed by atoms with van der Waals surface area (Å²) in [7, 11) is -3.47. The summed E-state index contributed by atoms with van der Waals surface area (Å²) >= 11 is 0. The first-order valence-electron chi connectivity index (χ1n) is 12.5. The van der Waals surface area contributed by atoms with E-state index in [9.17, 15) is 27.9 Å². The van der Waals surface area contributed by atoms with Gasteiger partial charge in [0.25, 0.3) is 5.91 Å². The lowest BCUT2D eigenvalue weighted by Gasteiger charge is -2.14. The number of hydrogen-bond acceptors (Lipinski definition) is 8. The van der Waals surface area contributed by atoms with Crippen molar-refractivity contribution in [3.05, 3.63) is 77.4 Å². The van der Waals surface area contributed by atoms with Crippen molar-refractivity contribution in [3.8, 4) is 17.2 Å². The molecule has 0 aliphatic heterocycles. The number of anilines is 1. The fraction of sp³-hybridized carbons (Fsp3) is 0.276. The molecule has 40 heavy (non-hydrogen) atoms. The molecule has 10 nitrogen and oxygen atoms in total. The molecule has 3 aromatic carbocycles. The van der Waals surface area contributed by atoms with Crippen molar-refractivity contribution < 1.29 is 42.5 Å². The zero-order valence-electron chi connectivity index (χ0n) is 22.2. The summed E-state index contributed by atoms with van der Waals surface area (Å²) in [4.78, 5) is 35.3. The van der Waals surface area contributed by atoms with Gasteiger partial charge in [-0.1, -0.05) is 25.1 Å². The first-order chi connectivity index (χ1) is 19.0. The Labute approximate surface area is 232 Å². The number of ketones is 1. The summed E-state index contributed by atoms with van der Waals surface area (Å²) in [5.74, 6) is -2.17. The number of hydrogen-bond donors (Lipinski definition) is 3. The number of carbonyl (C=O) groups excluding carboxylic acids is 2. The Kier molecular flexibility index (Phi) is 10.3. The molecule has 0 fully saturated rings. The summed E-state index contributed by atoms with van der Waals surface area (Å²) in [5, 5.41) is 21.5. The van der Waals surface area contributed by atoms with E-state index in [4.69, 9.17) is 14.6 Å². The highest BCUT2D eigenvalue weighted by Crippen LogP contribution is 2.28. The van der Waals surface area contributed by atoms with Crippen molar-refractivity contribution >= 4 is 33.2 Å². The molecule has 0 radical (unpaired) electrons. The summed E-state index contributed by atoms with van der Waals surface area (Å²) in [6, 6.07) is 15.6. The number of amides is 1. The first kappa shape index (κ1) is 30.2. The molecule has 0 bridgehead atoms. The van der Waals surface area contributed by atoms with Crippen molar-refractivity contribution in [1.82, 2.24) is 0 Å². The average molecular weight is 570 g/mol. The third-order valence-corrected chi connectivity index (χ3v) is 7.77. The molecule has 0 atom stereocenters. The highest BCUT2D eigenvalue weighted by Gasteiger charge is 2.16. The number of aryl methyl sites for hydroxylation is 2. The van der Waals surface area contributed by atoms with E-state index in [1.807, 2.05) is 6.92 Å². The van der Waals surface area contributed by atoms with E-state index in [-0.39, 0.29) is 44.9 Å². The van der Waals surface area contributed by atoms with Crippen LogP contribution in [0, 0.1) is 0 Å². The summed E-state index contributed by atoms with van der Waals surface area (Å²) in [6.45, 7) is 2.23. The van der Waals surface area contributed by atoms with E-state index in [1.54, 1.807) is 36.4 Å². The Bertz CT molecular complexity index is 1480. The number of phenolic OH excluding ortho intramolecular Hbond substituents is 1. The van der Waals surface area contributed by atoms with Crippen molar-refractivity contribution in [3.63, 3.8) is 0 Å². The molecular formula is C29H31NO9S. The molecule has 0 saturated carbocycles. The van der Waals surface area contributed by atoms with Crippen LogP contribution in [0.3, 0.4) is 0 Å². The van der Waals surface area contributed by atoms with Gasteiger partial charge in [-0.25, -0.2) is 13.2 Å². The molecule has 3 aromatic rings. The Morgan fingerprint density at radius 2 is 1.60 bits per heavy atom. The molecule has 0 aromatic heterocycles. The number of ether oxygens (including phenoxy) is 2. The van der Waals surface area contributed by atoms with E-state index >= 15 is 0 Å². The van der Waals surface area contributed by atoms with Crippen LogP contribution in [-0.2, 0) is 32.3 Å². The first-order valence-corrected chi connectivity index (χ1v) is 14.2. The molecule has 0 saturated heterocycles. The lowest BCUT2D eigenvalue weighted by atomic mass is 10.1. The molecule has 3 N–H and O–H groups in total. The second-order valence-electron chi connectivity index (χ2n) is 9.00. The Morgan fingerprint density at radius 3 is 2.23 bits per heavy atom. The van der Waals surface area contributed by atoms with Crippen LogP contribution in [-0.4, -0.2) is 55.3 Å². The number of aliphatic carboxylic acids is 1. The molecule has 1 amide bonds. The third kappa shape index (κ3) is 8.57. The van der Waals surface area contributed by atoms with Crippen molar-refractivity contribution in [2.24, 2.45) is 0 Å². The molecular weight excluding hydrogens is 538 g/mol. The van der Waals surface area contributed by atoms with Crippen molar-refractivity contribution in [2.75, 3.05) is 24.3 Å². The zero-order chi connectivity index (χ0) is 29.3. The molecule has 0 aliphatic rings. The third-order valence-electron chi connectivity index (χ3n) is 5.96. The van der Waals surface area contributed by atoms with E-state index in [0.717, 1.165) is 12.0 Å². The number of sulfone groups is 1. The average Bonchev–Trinajstić information content (AvgIpc) is 2.91. The van der Waals surface area contributed by atoms with Crippen LogP contribution in [0.2, 0.25) is 0 Å². The maximum absolute atomic E-state index is 12.7. The molecule has 0 spiro atoms. The van der Waals surface area contributed by atoms with Crippen LogP contribution in [0.25, 0.3) is 0 Å². The van der Waals surface area contributed by atoms with Gasteiger partial charge in [0.2, 0.25) is 0 Å². The highest BCUT2D eigenvalue weighted by atomic mass is 32.2. The smallest absolute Gasteiger partial charge is 0.341 e. The molecule has 3 rings (SSSR count). The van der Waals surface area contributed by atoms with Gasteiger partial charge < -0.3 is 25.0 Å². The standard InChI is InChI=1S/C29H31NO9S/c1-3-20-6-10-23(11-7-20)40(36,37)14-4-5-21-8-13-27(39-18-29(34)35)25(15-21)30-28(33)17-38-22-9-12-24(19(2)31)26(32)16-22/h6-13,15-16,32H,3-5,14,17-18H2,1-2H3,(H,30,33)(H,34,35). The fourth-order valence-corrected chi connectivity index (χ4v) is 5.16. The van der Waals surface area contributed by atoms with Crippen LogP contribution < -0.4 is 14.8 Å². The van der Waals surface area contributed by atoms with Crippen molar-refractivity contribution in [1.29, 1.82) is 0 Å². The number of phenols is 1. The summed E-state index contributed by atoms with van der Waals surface area (Å²) in [5.41, 5.74) is 2.07. The van der Waals surface area contributed by atoms with E-state index in [2.05, 4.69) is 5.32 Å². The van der Waals surface area contributed by atoms with E-state index < -0.39 is 34.9 Å². The number of nitrogens with one attached hydrogen (secondary N) is 1. The van der Waals surface area contributed by atoms with Crippen LogP contribution in [0.15, 0.2) is 65.6 Å².